The zero-order chi connectivity index (χ0) is 5.54. The molecule has 0 bridgehead atoms. The van der Waals surface area contributed by atoms with Crippen LogP contribution >= 0.6 is 15.9 Å². The first-order valence-electron chi connectivity index (χ1n) is 2.34. The molecular formula is C5H10BrO. The summed E-state index contributed by atoms with van der Waals surface area (Å²) in [5, 5.41) is 1.07. The summed E-state index contributed by atoms with van der Waals surface area (Å²) in [5.74, 6) is 0. The van der Waals surface area contributed by atoms with Gasteiger partial charge in [-0.2, -0.15) is 0 Å². The Balaban J connectivity index is 2.45. The highest BCUT2D eigenvalue weighted by molar-refractivity contribution is 9.09. The second-order valence-corrected chi connectivity index (χ2v) is 2.10. The second-order valence-electron chi connectivity index (χ2n) is 1.30. The van der Waals surface area contributed by atoms with Gasteiger partial charge in [-0.3, -0.25) is 0 Å². The lowest BCUT2D eigenvalue weighted by Gasteiger charge is -1.91. The van der Waals surface area contributed by atoms with Crippen molar-refractivity contribution in [2.75, 3.05) is 11.9 Å². The molecule has 0 atom stereocenters. The molecule has 0 heterocycles. The quantitative estimate of drug-likeness (QED) is 0.458. The summed E-state index contributed by atoms with van der Waals surface area (Å²) in [6.45, 7) is 0.783. The van der Waals surface area contributed by atoms with Crippen LogP contribution in [0.3, 0.4) is 0 Å². The molecule has 0 saturated carbocycles. The number of alkyl halides is 1. The van der Waals surface area contributed by atoms with Gasteiger partial charge in [-0.25, -0.2) is 0 Å². The van der Waals surface area contributed by atoms with Gasteiger partial charge in [0, 0.05) is 11.9 Å². The average molecular weight is 166 g/mol. The molecule has 0 amide bonds. The van der Waals surface area contributed by atoms with Crippen molar-refractivity contribution in [2.24, 2.45) is 0 Å². The summed E-state index contributed by atoms with van der Waals surface area (Å²) < 4.78 is 4.57. The summed E-state index contributed by atoms with van der Waals surface area (Å²) in [6.07, 6.45) is 2.28. The van der Waals surface area contributed by atoms with E-state index in [0.29, 0.717) is 0 Å². The van der Waals surface area contributed by atoms with Crippen molar-refractivity contribution >= 4 is 15.9 Å². The molecule has 0 aliphatic carbocycles. The molecule has 0 fully saturated rings. The monoisotopic (exact) mass is 165 g/mol. The molecule has 7 heavy (non-hydrogen) atoms. The van der Waals surface area contributed by atoms with E-state index in [-0.39, 0.29) is 0 Å². The first-order chi connectivity index (χ1) is 3.41. The Morgan fingerprint density at radius 1 is 1.43 bits per heavy atom. The fourth-order valence-corrected chi connectivity index (χ4v) is 0.695. The van der Waals surface area contributed by atoms with Gasteiger partial charge in [0.15, 0.2) is 0 Å². The molecule has 0 aromatic rings. The van der Waals surface area contributed by atoms with E-state index < -0.39 is 0 Å². The Morgan fingerprint density at radius 2 is 2.14 bits per heavy atom. The predicted molar refractivity (Wildman–Crippen MR) is 34.3 cm³/mol. The van der Waals surface area contributed by atoms with Crippen LogP contribution in [0.1, 0.15) is 12.8 Å². The fraction of sp³-hybridized carbons (Fsp3) is 0.800. The summed E-state index contributed by atoms with van der Waals surface area (Å²) in [6, 6.07) is 0. The van der Waals surface area contributed by atoms with E-state index in [1.807, 2.05) is 0 Å². The van der Waals surface area contributed by atoms with Crippen LogP contribution in [0.15, 0.2) is 0 Å². The minimum atomic E-state index is 0.783. The van der Waals surface area contributed by atoms with Crippen LogP contribution in [0.5, 0.6) is 0 Å². The Labute approximate surface area is 53.2 Å². The van der Waals surface area contributed by atoms with Gasteiger partial charge in [0.2, 0.25) is 0 Å². The van der Waals surface area contributed by atoms with E-state index in [0.717, 1.165) is 18.4 Å². The van der Waals surface area contributed by atoms with E-state index in [1.54, 1.807) is 0 Å². The number of halogens is 1. The molecule has 0 rings (SSSR count). The van der Waals surface area contributed by atoms with Crippen LogP contribution in [0.25, 0.3) is 0 Å². The normalized spacial score (nSPS) is 9.43. The molecule has 0 spiro atoms. The van der Waals surface area contributed by atoms with Gasteiger partial charge in [0.25, 0.3) is 0 Å². The van der Waals surface area contributed by atoms with Gasteiger partial charge in [-0.15, -0.1) is 0 Å². The molecule has 0 unspecified atom stereocenters. The SMILES string of the molecule is [CH2]OCCCCBr. The molecule has 1 nitrogen and oxygen atoms in total. The zero-order valence-electron chi connectivity index (χ0n) is 4.32. The molecule has 0 aliphatic heterocycles. The summed E-state index contributed by atoms with van der Waals surface area (Å²) in [4.78, 5) is 0. The Morgan fingerprint density at radius 3 is 2.57 bits per heavy atom. The highest BCUT2D eigenvalue weighted by Gasteiger charge is 1.81. The summed E-state index contributed by atoms with van der Waals surface area (Å²) in [7, 11) is 3.24. The minimum absolute atomic E-state index is 0.783. The highest BCUT2D eigenvalue weighted by Crippen LogP contribution is 1.92. The number of rotatable bonds is 4. The van der Waals surface area contributed by atoms with Crippen LogP contribution in [0.2, 0.25) is 0 Å². The number of unbranched alkanes of at least 4 members (excludes halogenated alkanes) is 1. The van der Waals surface area contributed by atoms with E-state index in [1.165, 1.54) is 6.42 Å². The van der Waals surface area contributed by atoms with E-state index in [9.17, 15) is 0 Å². The van der Waals surface area contributed by atoms with Crippen molar-refractivity contribution in [3.8, 4) is 0 Å². The van der Waals surface area contributed by atoms with Crippen molar-refractivity contribution in [2.45, 2.75) is 12.8 Å². The first-order valence-corrected chi connectivity index (χ1v) is 3.47. The van der Waals surface area contributed by atoms with Crippen LogP contribution in [-0.4, -0.2) is 11.9 Å². The van der Waals surface area contributed by atoms with E-state index in [2.05, 4.69) is 27.8 Å². The van der Waals surface area contributed by atoms with Crippen molar-refractivity contribution in [1.29, 1.82) is 0 Å². The third-order valence-corrected chi connectivity index (χ3v) is 1.23. The molecule has 0 saturated heterocycles. The van der Waals surface area contributed by atoms with Gasteiger partial charge in [-0.05, 0) is 12.8 Å². The van der Waals surface area contributed by atoms with Gasteiger partial charge >= 0.3 is 0 Å². The van der Waals surface area contributed by atoms with E-state index in [4.69, 9.17) is 0 Å². The third kappa shape index (κ3) is 6.44. The summed E-state index contributed by atoms with van der Waals surface area (Å²) >= 11 is 3.30. The topological polar surface area (TPSA) is 9.23 Å². The number of ether oxygens (including phenoxy) is 1. The molecule has 0 aliphatic rings. The third-order valence-electron chi connectivity index (χ3n) is 0.672. The smallest absolute Gasteiger partial charge is 0.0700 e. The van der Waals surface area contributed by atoms with Crippen LogP contribution in [0, 0.1) is 7.11 Å². The molecule has 1 radical (unpaired) electrons. The van der Waals surface area contributed by atoms with Gasteiger partial charge < -0.3 is 4.74 Å². The maximum Gasteiger partial charge on any atom is 0.0700 e. The van der Waals surface area contributed by atoms with Crippen LogP contribution in [-0.2, 0) is 4.74 Å². The fourth-order valence-electron chi connectivity index (χ4n) is 0.299. The van der Waals surface area contributed by atoms with Crippen molar-refractivity contribution in [3.63, 3.8) is 0 Å². The lowest BCUT2D eigenvalue weighted by atomic mass is 10.4. The Bertz CT molecular complexity index is 27.3. The molecule has 43 valence electrons. The largest absolute Gasteiger partial charge is 0.379 e. The van der Waals surface area contributed by atoms with E-state index >= 15 is 0 Å². The van der Waals surface area contributed by atoms with Gasteiger partial charge in [-0.1, -0.05) is 15.9 Å². The van der Waals surface area contributed by atoms with Crippen LogP contribution < -0.4 is 0 Å². The molecule has 0 aromatic carbocycles. The number of hydrogen-bond donors (Lipinski definition) is 0. The number of hydrogen-bond acceptors (Lipinski definition) is 1. The lowest BCUT2D eigenvalue weighted by molar-refractivity contribution is 0.237. The van der Waals surface area contributed by atoms with Crippen molar-refractivity contribution < 1.29 is 4.74 Å². The minimum Gasteiger partial charge on any atom is -0.379 e. The maximum atomic E-state index is 4.57. The molecule has 0 aromatic heterocycles. The van der Waals surface area contributed by atoms with Crippen molar-refractivity contribution in [1.82, 2.24) is 0 Å². The first kappa shape index (κ1) is 7.44. The summed E-state index contributed by atoms with van der Waals surface area (Å²) in [5.41, 5.74) is 0. The Kier molecular flexibility index (Phi) is 6.84. The highest BCUT2D eigenvalue weighted by atomic mass is 79.9. The van der Waals surface area contributed by atoms with Crippen LogP contribution in [0.4, 0.5) is 0 Å². The zero-order valence-corrected chi connectivity index (χ0v) is 5.91. The standard InChI is InChI=1S/C5H10BrO/c1-7-5-3-2-4-6/h1-5H2. The molecule has 0 N–H and O–H groups in total. The average Bonchev–Trinajstić information content (AvgIpc) is 1.69. The lowest BCUT2D eigenvalue weighted by Crippen LogP contribution is -1.85. The van der Waals surface area contributed by atoms with Gasteiger partial charge in [0.1, 0.15) is 0 Å². The van der Waals surface area contributed by atoms with Gasteiger partial charge in [0.05, 0.1) is 7.11 Å². The molecular weight excluding hydrogens is 156 g/mol. The Hall–Kier alpha value is 0.440. The second kappa shape index (κ2) is 6.44. The van der Waals surface area contributed by atoms with Crippen molar-refractivity contribution in [3.05, 3.63) is 7.11 Å². The predicted octanol–water partition coefficient (Wildman–Crippen LogP) is 1.97. The molecule has 2 heteroatoms. The maximum absolute atomic E-state index is 4.57.